The van der Waals surface area contributed by atoms with Crippen molar-refractivity contribution in [2.24, 2.45) is 11.8 Å². The van der Waals surface area contributed by atoms with Crippen molar-refractivity contribution >= 4 is 18.0 Å². The van der Waals surface area contributed by atoms with E-state index in [4.69, 9.17) is 4.74 Å². The molecule has 2 amide bonds. The summed E-state index contributed by atoms with van der Waals surface area (Å²) < 4.78 is 5.60. The number of hydrogen-bond acceptors (Lipinski definition) is 5. The number of carboxylic acids is 1. The van der Waals surface area contributed by atoms with Crippen LogP contribution in [0.5, 0.6) is 0 Å². The van der Waals surface area contributed by atoms with Gasteiger partial charge in [0.25, 0.3) is 0 Å². The lowest BCUT2D eigenvalue weighted by atomic mass is 9.94. The van der Waals surface area contributed by atoms with E-state index < -0.39 is 18.1 Å². The van der Waals surface area contributed by atoms with Crippen molar-refractivity contribution in [1.29, 1.82) is 0 Å². The van der Waals surface area contributed by atoms with E-state index in [1.54, 1.807) is 19.0 Å². The number of rotatable bonds is 9. The molecular weight excluding hydrogens is 446 g/mol. The van der Waals surface area contributed by atoms with Gasteiger partial charge in [-0.3, -0.25) is 4.79 Å². The molecule has 2 aromatic rings. The first-order valence-corrected chi connectivity index (χ1v) is 12.1. The molecule has 0 radical (unpaired) electrons. The first-order chi connectivity index (χ1) is 16.8. The van der Waals surface area contributed by atoms with Gasteiger partial charge >= 0.3 is 12.1 Å². The molecule has 1 saturated carbocycles. The second-order valence-corrected chi connectivity index (χ2v) is 9.67. The molecule has 0 aromatic heterocycles. The third kappa shape index (κ3) is 5.65. The highest BCUT2D eigenvalue weighted by molar-refractivity contribution is 5.85. The van der Waals surface area contributed by atoms with Gasteiger partial charge in [-0.2, -0.15) is 0 Å². The van der Waals surface area contributed by atoms with Crippen molar-refractivity contribution in [2.75, 3.05) is 33.8 Å². The number of hydrogen-bond donors (Lipinski definition) is 3. The molecule has 3 N–H and O–H groups in total. The van der Waals surface area contributed by atoms with E-state index >= 15 is 0 Å². The van der Waals surface area contributed by atoms with E-state index in [0.29, 0.717) is 13.0 Å². The van der Waals surface area contributed by atoms with Crippen LogP contribution in [-0.2, 0) is 14.3 Å². The highest BCUT2D eigenvalue weighted by Crippen LogP contribution is 2.44. The van der Waals surface area contributed by atoms with Gasteiger partial charge in [0.2, 0.25) is 5.91 Å². The van der Waals surface area contributed by atoms with Gasteiger partial charge in [0.15, 0.2) is 0 Å². The number of carbonyl (C=O) groups excluding carboxylic acids is 2. The molecule has 3 atom stereocenters. The fourth-order valence-electron chi connectivity index (χ4n) is 5.32. The van der Waals surface area contributed by atoms with Gasteiger partial charge in [-0.15, -0.1) is 0 Å². The number of likely N-dealkylation sites (N-methyl/N-ethyl adjacent to an activating group) is 1. The Balaban J connectivity index is 1.30. The van der Waals surface area contributed by atoms with Crippen molar-refractivity contribution in [1.82, 2.24) is 15.5 Å². The van der Waals surface area contributed by atoms with Crippen LogP contribution in [0.3, 0.4) is 0 Å². The monoisotopic (exact) mass is 479 g/mol. The highest BCUT2D eigenvalue weighted by Gasteiger charge is 2.35. The Morgan fingerprint density at radius 3 is 2.26 bits per heavy atom. The third-order valence-corrected chi connectivity index (χ3v) is 7.01. The average Bonchev–Trinajstić information content (AvgIpc) is 3.43. The van der Waals surface area contributed by atoms with Crippen molar-refractivity contribution < 1.29 is 24.2 Å². The number of alkyl carbamates (subject to hydrolysis) is 1. The fraction of sp³-hybridized carbons (Fsp3) is 0.444. The molecule has 0 saturated heterocycles. The van der Waals surface area contributed by atoms with Crippen LogP contribution >= 0.6 is 0 Å². The minimum Gasteiger partial charge on any atom is -0.480 e. The number of ether oxygens (including phenoxy) is 1. The Morgan fingerprint density at radius 1 is 1.03 bits per heavy atom. The maximum Gasteiger partial charge on any atom is 0.407 e. The summed E-state index contributed by atoms with van der Waals surface area (Å²) >= 11 is 0. The lowest BCUT2D eigenvalue weighted by Crippen LogP contribution is -2.49. The molecule has 0 bridgehead atoms. The normalized spacial score (nSPS) is 19.6. The topological polar surface area (TPSA) is 108 Å². The molecule has 0 heterocycles. The minimum absolute atomic E-state index is 0.0113. The number of aliphatic carboxylic acids is 1. The second kappa shape index (κ2) is 10.9. The van der Waals surface area contributed by atoms with Crippen LogP contribution < -0.4 is 10.6 Å². The van der Waals surface area contributed by atoms with Crippen molar-refractivity contribution in [3.8, 4) is 11.1 Å². The smallest absolute Gasteiger partial charge is 0.407 e. The first-order valence-electron chi connectivity index (χ1n) is 12.1. The molecule has 1 fully saturated rings. The van der Waals surface area contributed by atoms with Crippen LogP contribution in [-0.4, -0.2) is 67.8 Å². The summed E-state index contributed by atoms with van der Waals surface area (Å²) in [6.07, 6.45) is 1.83. The lowest BCUT2D eigenvalue weighted by molar-refractivity contribution is -0.143. The van der Waals surface area contributed by atoms with Crippen LogP contribution in [0.15, 0.2) is 48.5 Å². The van der Waals surface area contributed by atoms with Gasteiger partial charge in [0.1, 0.15) is 12.6 Å². The van der Waals surface area contributed by atoms with Gasteiger partial charge in [-0.05, 0) is 55.1 Å². The molecule has 2 aliphatic carbocycles. The second-order valence-electron chi connectivity index (χ2n) is 9.67. The Labute approximate surface area is 205 Å². The molecule has 2 aliphatic rings. The standard InChI is InChI=1S/C27H33N3O5/c1-30(2)15-24(26(32)33)29-25(31)18-13-7-8-17(18)14-28-27(34)35-16-23-21-11-5-3-9-19(21)20-10-4-6-12-22(20)23/h3-6,9-12,17-18,23-24H,7-8,13-16H2,1-2H3,(H,28,34)(H,29,31)(H,32,33)/t17-,18-,24?/m1/s1. The predicted octanol–water partition coefficient (Wildman–Crippen LogP) is 3.07. The molecule has 4 rings (SSSR count). The van der Waals surface area contributed by atoms with Crippen molar-refractivity contribution in [3.63, 3.8) is 0 Å². The minimum atomic E-state index is -1.06. The summed E-state index contributed by atoms with van der Waals surface area (Å²) in [5, 5.41) is 14.9. The Morgan fingerprint density at radius 2 is 1.66 bits per heavy atom. The largest absolute Gasteiger partial charge is 0.480 e. The number of fused-ring (bicyclic) bond motifs is 3. The Hall–Kier alpha value is -3.39. The van der Waals surface area contributed by atoms with E-state index in [9.17, 15) is 19.5 Å². The van der Waals surface area contributed by atoms with Crippen molar-refractivity contribution in [3.05, 3.63) is 59.7 Å². The van der Waals surface area contributed by atoms with Gasteiger partial charge < -0.3 is 25.4 Å². The van der Waals surface area contributed by atoms with E-state index in [0.717, 1.165) is 24.0 Å². The summed E-state index contributed by atoms with van der Waals surface area (Å²) in [6.45, 7) is 0.774. The third-order valence-electron chi connectivity index (χ3n) is 7.01. The maximum absolute atomic E-state index is 12.8. The summed E-state index contributed by atoms with van der Waals surface area (Å²) in [6, 6.07) is 15.4. The summed E-state index contributed by atoms with van der Waals surface area (Å²) in [7, 11) is 3.53. The number of carbonyl (C=O) groups is 3. The Kier molecular flexibility index (Phi) is 7.70. The number of benzene rings is 2. The average molecular weight is 480 g/mol. The highest BCUT2D eigenvalue weighted by atomic mass is 16.5. The van der Waals surface area contributed by atoms with Gasteiger partial charge in [0, 0.05) is 24.9 Å². The molecule has 8 heteroatoms. The van der Waals surface area contributed by atoms with Crippen LogP contribution in [0.4, 0.5) is 4.79 Å². The summed E-state index contributed by atoms with van der Waals surface area (Å²) in [5.74, 6) is -1.71. The van der Waals surface area contributed by atoms with Crippen LogP contribution in [0.2, 0.25) is 0 Å². The molecule has 35 heavy (non-hydrogen) atoms. The van der Waals surface area contributed by atoms with Crippen LogP contribution in [0, 0.1) is 11.8 Å². The van der Waals surface area contributed by atoms with Crippen LogP contribution in [0.25, 0.3) is 11.1 Å². The molecular formula is C27H33N3O5. The number of nitrogens with one attached hydrogen (secondary N) is 2. The first kappa shape index (κ1) is 24.7. The van der Waals surface area contributed by atoms with Crippen molar-refractivity contribution in [2.45, 2.75) is 31.2 Å². The summed E-state index contributed by atoms with van der Waals surface area (Å²) in [5.41, 5.74) is 4.65. The Bertz CT molecular complexity index is 1040. The summed E-state index contributed by atoms with van der Waals surface area (Å²) in [4.78, 5) is 38.5. The molecule has 1 unspecified atom stereocenters. The molecule has 2 aromatic carbocycles. The fourth-order valence-corrected chi connectivity index (χ4v) is 5.32. The SMILES string of the molecule is CN(C)CC(NC(=O)[C@@H]1CCC[C@@H]1CNC(=O)OCC1c2ccccc2-c2ccccc21)C(=O)O. The quantitative estimate of drug-likeness (QED) is 0.510. The number of nitrogens with zero attached hydrogens (tertiary/aromatic N) is 1. The molecule has 186 valence electrons. The van der Waals surface area contributed by atoms with E-state index in [1.807, 2.05) is 24.3 Å². The zero-order chi connectivity index (χ0) is 24.9. The molecule has 0 spiro atoms. The zero-order valence-corrected chi connectivity index (χ0v) is 20.2. The zero-order valence-electron chi connectivity index (χ0n) is 20.2. The van der Waals surface area contributed by atoms with Gasteiger partial charge in [-0.1, -0.05) is 55.0 Å². The van der Waals surface area contributed by atoms with E-state index in [1.165, 1.54) is 11.1 Å². The molecule has 0 aliphatic heterocycles. The lowest BCUT2D eigenvalue weighted by Gasteiger charge is -2.24. The maximum atomic E-state index is 12.8. The van der Waals surface area contributed by atoms with Gasteiger partial charge in [0.05, 0.1) is 0 Å². The van der Waals surface area contributed by atoms with Crippen LogP contribution in [0.1, 0.15) is 36.3 Å². The van der Waals surface area contributed by atoms with E-state index in [2.05, 4.69) is 34.9 Å². The molecule has 8 nitrogen and oxygen atoms in total. The number of carboxylic acid groups (broad SMARTS) is 1. The van der Waals surface area contributed by atoms with E-state index in [-0.39, 0.29) is 36.8 Å². The van der Waals surface area contributed by atoms with Gasteiger partial charge in [-0.25, -0.2) is 9.59 Å². The number of amides is 2. The predicted molar refractivity (Wildman–Crippen MR) is 132 cm³/mol.